The Morgan fingerprint density at radius 2 is 2.12 bits per heavy atom. The molecule has 16 heavy (non-hydrogen) atoms. The monoisotopic (exact) mass is 247 g/mol. The number of nitrogens with zero attached hydrogens (tertiary/aromatic N) is 1. The molecule has 2 rings (SSSR count). The standard InChI is InChI=1S/C10H8ClF2NO2/c11-8-4-2-1-3-7(8)5-14-9(15)10(12,13)6-16-14/h1-4H,5-6H2. The number of amides is 1. The van der Waals surface area contributed by atoms with Gasteiger partial charge < -0.3 is 0 Å². The van der Waals surface area contributed by atoms with Crippen molar-refractivity contribution in [3.8, 4) is 0 Å². The van der Waals surface area contributed by atoms with Crippen molar-refractivity contribution in [3.63, 3.8) is 0 Å². The van der Waals surface area contributed by atoms with E-state index in [1.54, 1.807) is 24.3 Å². The van der Waals surface area contributed by atoms with Crippen molar-refractivity contribution in [2.45, 2.75) is 12.5 Å². The predicted molar refractivity (Wildman–Crippen MR) is 52.9 cm³/mol. The Morgan fingerprint density at radius 1 is 1.44 bits per heavy atom. The number of hydrogen-bond donors (Lipinski definition) is 0. The molecule has 0 atom stereocenters. The van der Waals surface area contributed by atoms with Crippen LogP contribution in [0.25, 0.3) is 0 Å². The molecule has 1 fully saturated rings. The van der Waals surface area contributed by atoms with Crippen LogP contribution in [0.15, 0.2) is 24.3 Å². The minimum Gasteiger partial charge on any atom is -0.265 e. The van der Waals surface area contributed by atoms with Gasteiger partial charge in [0, 0.05) is 5.02 Å². The zero-order valence-corrected chi connectivity index (χ0v) is 8.88. The third-order valence-electron chi connectivity index (χ3n) is 2.21. The summed E-state index contributed by atoms with van der Waals surface area (Å²) in [5.74, 6) is -4.76. The molecule has 0 radical (unpaired) electrons. The first-order chi connectivity index (χ1) is 7.50. The molecular formula is C10H8ClF2NO2. The van der Waals surface area contributed by atoms with Crippen LogP contribution >= 0.6 is 11.6 Å². The van der Waals surface area contributed by atoms with Crippen molar-refractivity contribution in [2.75, 3.05) is 6.61 Å². The predicted octanol–water partition coefficient (Wildman–Crippen LogP) is 2.25. The van der Waals surface area contributed by atoms with Gasteiger partial charge in [0.1, 0.15) is 6.61 Å². The highest BCUT2D eigenvalue weighted by Gasteiger charge is 2.49. The van der Waals surface area contributed by atoms with Crippen LogP contribution in [0, 0.1) is 0 Å². The third-order valence-corrected chi connectivity index (χ3v) is 2.58. The van der Waals surface area contributed by atoms with Gasteiger partial charge in [-0.1, -0.05) is 29.8 Å². The summed E-state index contributed by atoms with van der Waals surface area (Å²) in [5.41, 5.74) is 0.565. The van der Waals surface area contributed by atoms with Crippen LogP contribution < -0.4 is 0 Å². The van der Waals surface area contributed by atoms with E-state index in [4.69, 9.17) is 11.6 Å². The molecule has 0 aliphatic carbocycles. The van der Waals surface area contributed by atoms with E-state index in [2.05, 4.69) is 4.84 Å². The lowest BCUT2D eigenvalue weighted by Gasteiger charge is -2.14. The Kier molecular flexibility index (Phi) is 2.82. The lowest BCUT2D eigenvalue weighted by atomic mass is 10.2. The van der Waals surface area contributed by atoms with E-state index in [1.165, 1.54) is 0 Å². The van der Waals surface area contributed by atoms with Gasteiger partial charge >= 0.3 is 11.8 Å². The average molecular weight is 248 g/mol. The summed E-state index contributed by atoms with van der Waals surface area (Å²) in [7, 11) is 0. The first-order valence-corrected chi connectivity index (χ1v) is 4.94. The molecule has 0 unspecified atom stereocenters. The highest BCUT2D eigenvalue weighted by molar-refractivity contribution is 6.31. The number of benzene rings is 1. The van der Waals surface area contributed by atoms with Gasteiger partial charge in [-0.05, 0) is 11.6 Å². The molecular weight excluding hydrogens is 240 g/mol. The van der Waals surface area contributed by atoms with Gasteiger partial charge in [-0.25, -0.2) is 5.06 Å². The Balaban J connectivity index is 2.13. The lowest BCUT2D eigenvalue weighted by Crippen LogP contribution is -2.33. The molecule has 3 nitrogen and oxygen atoms in total. The van der Waals surface area contributed by atoms with E-state index in [9.17, 15) is 13.6 Å². The van der Waals surface area contributed by atoms with Crippen LogP contribution in [0.4, 0.5) is 8.78 Å². The number of halogens is 3. The average Bonchev–Trinajstić information content (AvgIpc) is 2.49. The fourth-order valence-corrected chi connectivity index (χ4v) is 1.56. The number of carbonyl (C=O) groups is 1. The van der Waals surface area contributed by atoms with Crippen molar-refractivity contribution in [1.82, 2.24) is 5.06 Å². The molecule has 0 aromatic heterocycles. The summed E-state index contributed by atoms with van der Waals surface area (Å²) in [5, 5.41) is 1.05. The molecule has 0 spiro atoms. The zero-order chi connectivity index (χ0) is 11.8. The second kappa shape index (κ2) is 3.99. The fourth-order valence-electron chi connectivity index (χ4n) is 1.36. The minimum atomic E-state index is -3.43. The van der Waals surface area contributed by atoms with Crippen LogP contribution in [0.3, 0.4) is 0 Å². The van der Waals surface area contributed by atoms with Crippen molar-refractivity contribution in [1.29, 1.82) is 0 Å². The van der Waals surface area contributed by atoms with Gasteiger partial charge in [0.25, 0.3) is 0 Å². The molecule has 0 saturated carbocycles. The summed E-state index contributed by atoms with van der Waals surface area (Å²) in [6.45, 7) is -0.982. The van der Waals surface area contributed by atoms with Crippen molar-refractivity contribution < 1.29 is 18.4 Å². The summed E-state index contributed by atoms with van der Waals surface area (Å²) < 4.78 is 25.7. The SMILES string of the molecule is O=C1N(Cc2ccccc2Cl)OCC1(F)F. The molecule has 1 amide bonds. The van der Waals surface area contributed by atoms with E-state index in [0.29, 0.717) is 15.6 Å². The van der Waals surface area contributed by atoms with Crippen LogP contribution in [0.2, 0.25) is 5.02 Å². The summed E-state index contributed by atoms with van der Waals surface area (Å²) in [6.07, 6.45) is 0. The highest BCUT2D eigenvalue weighted by Crippen LogP contribution is 2.27. The third kappa shape index (κ3) is 2.01. The smallest absolute Gasteiger partial charge is 0.265 e. The first kappa shape index (κ1) is 11.3. The number of hydroxylamine groups is 2. The van der Waals surface area contributed by atoms with Crippen LogP contribution in [-0.2, 0) is 16.2 Å². The number of carbonyl (C=O) groups excluding carboxylic acids is 1. The molecule has 0 bridgehead atoms. The van der Waals surface area contributed by atoms with E-state index in [-0.39, 0.29) is 6.54 Å². The first-order valence-electron chi connectivity index (χ1n) is 4.57. The molecule has 1 aliphatic heterocycles. The van der Waals surface area contributed by atoms with E-state index in [1.807, 2.05) is 0 Å². The fraction of sp³-hybridized carbons (Fsp3) is 0.300. The van der Waals surface area contributed by atoms with Gasteiger partial charge in [-0.2, -0.15) is 8.78 Å². The van der Waals surface area contributed by atoms with Gasteiger partial charge in [0.05, 0.1) is 6.54 Å². The van der Waals surface area contributed by atoms with Gasteiger partial charge in [-0.15, -0.1) is 0 Å². The Labute approximate surface area is 95.5 Å². The number of hydrogen-bond acceptors (Lipinski definition) is 2. The quantitative estimate of drug-likeness (QED) is 0.802. The highest BCUT2D eigenvalue weighted by atomic mass is 35.5. The van der Waals surface area contributed by atoms with Gasteiger partial charge in [-0.3, -0.25) is 9.63 Å². The van der Waals surface area contributed by atoms with Crippen molar-refractivity contribution >= 4 is 17.5 Å². The van der Waals surface area contributed by atoms with Crippen LogP contribution in [0.1, 0.15) is 5.56 Å². The van der Waals surface area contributed by atoms with Crippen LogP contribution in [-0.4, -0.2) is 23.5 Å². The normalized spacial score (nSPS) is 19.2. The Bertz CT molecular complexity index is 425. The van der Waals surface area contributed by atoms with Gasteiger partial charge in [0.2, 0.25) is 0 Å². The zero-order valence-electron chi connectivity index (χ0n) is 8.12. The summed E-state index contributed by atoms with van der Waals surface area (Å²) in [6, 6.07) is 6.69. The maximum atomic E-state index is 12.8. The molecule has 1 aromatic rings. The maximum Gasteiger partial charge on any atom is 0.352 e. The summed E-state index contributed by atoms with van der Waals surface area (Å²) >= 11 is 5.84. The maximum absolute atomic E-state index is 12.8. The Hall–Kier alpha value is -1.20. The largest absolute Gasteiger partial charge is 0.352 e. The van der Waals surface area contributed by atoms with Crippen LogP contribution in [0.5, 0.6) is 0 Å². The Morgan fingerprint density at radius 3 is 2.69 bits per heavy atom. The van der Waals surface area contributed by atoms with Crippen molar-refractivity contribution in [3.05, 3.63) is 34.9 Å². The lowest BCUT2D eigenvalue weighted by molar-refractivity contribution is -0.166. The van der Waals surface area contributed by atoms with E-state index < -0.39 is 18.4 Å². The molecule has 0 N–H and O–H groups in total. The minimum absolute atomic E-state index is 0.0753. The van der Waals surface area contributed by atoms with E-state index in [0.717, 1.165) is 0 Å². The second-order valence-electron chi connectivity index (χ2n) is 3.41. The summed E-state index contributed by atoms with van der Waals surface area (Å²) in [4.78, 5) is 15.8. The molecule has 1 aliphatic rings. The van der Waals surface area contributed by atoms with Gasteiger partial charge in [0.15, 0.2) is 0 Å². The topological polar surface area (TPSA) is 29.5 Å². The van der Waals surface area contributed by atoms with Crippen molar-refractivity contribution in [2.24, 2.45) is 0 Å². The molecule has 1 saturated heterocycles. The van der Waals surface area contributed by atoms with E-state index >= 15 is 0 Å². The molecule has 1 aromatic carbocycles. The molecule has 86 valence electrons. The number of alkyl halides is 2. The number of rotatable bonds is 2. The molecule has 6 heteroatoms. The molecule has 1 heterocycles. The second-order valence-corrected chi connectivity index (χ2v) is 3.82.